The lowest BCUT2D eigenvalue weighted by molar-refractivity contribution is -0.140. The first-order valence-corrected chi connectivity index (χ1v) is 12.2. The third-order valence-electron chi connectivity index (χ3n) is 7.01. The number of nitrogens with zero attached hydrogens (tertiary/aromatic N) is 4. The third-order valence-corrected chi connectivity index (χ3v) is 7.34. The SMILES string of the molecule is CCN(CC)C(=O)CN1CN(c2ccccc2)C2(CCN(C(=O)c3ccccc3Cl)CC2)C1=O. The molecule has 2 aliphatic heterocycles. The second-order valence-corrected chi connectivity index (χ2v) is 9.18. The first-order valence-electron chi connectivity index (χ1n) is 11.8. The Kier molecular flexibility index (Phi) is 7.12. The van der Waals surface area contributed by atoms with Crippen molar-refractivity contribution in [2.75, 3.05) is 44.3 Å². The Bertz CT molecular complexity index is 1050. The minimum atomic E-state index is -0.776. The number of hydrogen-bond acceptors (Lipinski definition) is 4. The normalized spacial score (nSPS) is 17.4. The van der Waals surface area contributed by atoms with Crippen LogP contribution in [0.2, 0.25) is 5.02 Å². The average molecular weight is 483 g/mol. The lowest BCUT2D eigenvalue weighted by atomic mass is 9.85. The zero-order valence-electron chi connectivity index (χ0n) is 19.7. The molecular weight excluding hydrogens is 452 g/mol. The summed E-state index contributed by atoms with van der Waals surface area (Å²) in [4.78, 5) is 47.0. The fourth-order valence-corrected chi connectivity index (χ4v) is 5.26. The average Bonchev–Trinajstić information content (AvgIpc) is 3.12. The highest BCUT2D eigenvalue weighted by atomic mass is 35.5. The van der Waals surface area contributed by atoms with Gasteiger partial charge in [0.15, 0.2) is 0 Å². The van der Waals surface area contributed by atoms with Crippen molar-refractivity contribution in [1.82, 2.24) is 14.7 Å². The molecule has 0 saturated carbocycles. The van der Waals surface area contributed by atoms with Gasteiger partial charge >= 0.3 is 0 Å². The molecule has 0 radical (unpaired) electrons. The van der Waals surface area contributed by atoms with E-state index in [1.165, 1.54) is 0 Å². The van der Waals surface area contributed by atoms with Crippen molar-refractivity contribution in [3.8, 4) is 0 Å². The van der Waals surface area contributed by atoms with Gasteiger partial charge in [0.25, 0.3) is 11.8 Å². The van der Waals surface area contributed by atoms with Gasteiger partial charge in [-0.15, -0.1) is 0 Å². The van der Waals surface area contributed by atoms with Crippen LogP contribution in [-0.4, -0.2) is 77.4 Å². The summed E-state index contributed by atoms with van der Waals surface area (Å²) >= 11 is 6.25. The number of hydrogen-bond donors (Lipinski definition) is 0. The minimum absolute atomic E-state index is 0.0401. The van der Waals surface area contributed by atoms with Crippen LogP contribution in [0.25, 0.3) is 0 Å². The topological polar surface area (TPSA) is 64.2 Å². The van der Waals surface area contributed by atoms with E-state index in [0.29, 0.717) is 56.3 Å². The summed E-state index contributed by atoms with van der Waals surface area (Å²) in [5.41, 5.74) is 0.644. The van der Waals surface area contributed by atoms with Gasteiger partial charge in [0.2, 0.25) is 5.91 Å². The van der Waals surface area contributed by atoms with Gasteiger partial charge in [0.1, 0.15) is 12.1 Å². The summed E-state index contributed by atoms with van der Waals surface area (Å²) in [6, 6.07) is 16.9. The molecule has 180 valence electrons. The van der Waals surface area contributed by atoms with Crippen molar-refractivity contribution in [3.63, 3.8) is 0 Å². The second-order valence-electron chi connectivity index (χ2n) is 8.78. The molecule has 0 atom stereocenters. The molecule has 0 N–H and O–H groups in total. The minimum Gasteiger partial charge on any atom is -0.342 e. The summed E-state index contributed by atoms with van der Waals surface area (Å²) in [7, 11) is 0. The smallest absolute Gasteiger partial charge is 0.255 e. The van der Waals surface area contributed by atoms with E-state index in [2.05, 4.69) is 4.90 Å². The lowest BCUT2D eigenvalue weighted by Gasteiger charge is -2.43. The van der Waals surface area contributed by atoms with Gasteiger partial charge in [0, 0.05) is 31.9 Å². The standard InChI is InChI=1S/C26H31ClN4O3/c1-3-28(4-2)23(32)18-30-19-31(20-10-6-5-7-11-20)26(25(30)34)14-16-29(17-15-26)24(33)21-12-8-9-13-22(21)27/h5-13H,3-4,14-19H2,1-2H3. The van der Waals surface area contributed by atoms with Gasteiger partial charge in [-0.25, -0.2) is 0 Å². The number of anilines is 1. The molecule has 0 aromatic heterocycles. The van der Waals surface area contributed by atoms with Crippen LogP contribution < -0.4 is 4.90 Å². The van der Waals surface area contributed by atoms with E-state index in [-0.39, 0.29) is 24.3 Å². The highest BCUT2D eigenvalue weighted by molar-refractivity contribution is 6.33. The molecule has 2 saturated heterocycles. The molecular formula is C26H31ClN4O3. The van der Waals surface area contributed by atoms with Crippen LogP contribution in [0.3, 0.4) is 0 Å². The van der Waals surface area contributed by atoms with E-state index in [1.54, 1.807) is 39.0 Å². The van der Waals surface area contributed by atoms with Gasteiger partial charge < -0.3 is 19.6 Å². The first-order chi connectivity index (χ1) is 16.4. The molecule has 2 aromatic rings. The van der Waals surface area contributed by atoms with E-state index in [0.717, 1.165) is 5.69 Å². The van der Waals surface area contributed by atoms with Crippen molar-refractivity contribution < 1.29 is 14.4 Å². The van der Waals surface area contributed by atoms with E-state index in [1.807, 2.05) is 44.2 Å². The van der Waals surface area contributed by atoms with Crippen molar-refractivity contribution in [1.29, 1.82) is 0 Å². The summed E-state index contributed by atoms with van der Waals surface area (Å²) in [6.45, 7) is 6.41. The molecule has 0 bridgehead atoms. The number of para-hydroxylation sites is 1. The Morgan fingerprint density at radius 3 is 2.21 bits per heavy atom. The quantitative estimate of drug-likeness (QED) is 0.632. The highest BCUT2D eigenvalue weighted by Gasteiger charge is 2.54. The van der Waals surface area contributed by atoms with Crippen LogP contribution in [0.4, 0.5) is 5.69 Å². The molecule has 2 aliphatic rings. The van der Waals surface area contributed by atoms with E-state index in [4.69, 9.17) is 11.6 Å². The molecule has 8 heteroatoms. The molecule has 3 amide bonds. The Hall–Kier alpha value is -3.06. The summed E-state index contributed by atoms with van der Waals surface area (Å²) in [6.07, 6.45) is 0.986. The van der Waals surface area contributed by atoms with Gasteiger partial charge in [-0.1, -0.05) is 41.9 Å². The lowest BCUT2D eigenvalue weighted by Crippen LogP contribution is -2.57. The molecule has 7 nitrogen and oxygen atoms in total. The number of carbonyl (C=O) groups is 3. The number of halogens is 1. The molecule has 2 heterocycles. The first kappa shape index (κ1) is 24.1. The van der Waals surface area contributed by atoms with Crippen molar-refractivity contribution in [2.24, 2.45) is 0 Å². The largest absolute Gasteiger partial charge is 0.342 e. The van der Waals surface area contributed by atoms with Crippen LogP contribution in [-0.2, 0) is 9.59 Å². The van der Waals surface area contributed by atoms with E-state index >= 15 is 0 Å². The van der Waals surface area contributed by atoms with Crippen LogP contribution in [0, 0.1) is 0 Å². The number of likely N-dealkylation sites (N-methyl/N-ethyl adjacent to an activating group) is 1. The van der Waals surface area contributed by atoms with Crippen LogP contribution in [0.5, 0.6) is 0 Å². The number of likely N-dealkylation sites (tertiary alicyclic amines) is 1. The van der Waals surface area contributed by atoms with Crippen LogP contribution in [0.15, 0.2) is 54.6 Å². The maximum Gasteiger partial charge on any atom is 0.255 e. The molecule has 2 aromatic carbocycles. The van der Waals surface area contributed by atoms with Gasteiger partial charge in [0.05, 0.1) is 17.3 Å². The molecule has 4 rings (SSSR count). The predicted molar refractivity (Wildman–Crippen MR) is 133 cm³/mol. The maximum absolute atomic E-state index is 13.8. The summed E-state index contributed by atoms with van der Waals surface area (Å²) < 4.78 is 0. The second kappa shape index (κ2) is 10.1. The van der Waals surface area contributed by atoms with Gasteiger partial charge in [-0.3, -0.25) is 14.4 Å². The number of rotatable bonds is 6. The molecule has 1 spiro atoms. The Morgan fingerprint density at radius 1 is 0.971 bits per heavy atom. The van der Waals surface area contributed by atoms with E-state index < -0.39 is 5.54 Å². The zero-order chi connectivity index (χ0) is 24.3. The fourth-order valence-electron chi connectivity index (χ4n) is 5.05. The van der Waals surface area contributed by atoms with Crippen molar-refractivity contribution >= 4 is 35.0 Å². The molecule has 34 heavy (non-hydrogen) atoms. The van der Waals surface area contributed by atoms with Crippen molar-refractivity contribution in [3.05, 3.63) is 65.2 Å². The number of piperidine rings is 1. The Balaban J connectivity index is 1.57. The van der Waals surface area contributed by atoms with Gasteiger partial charge in [-0.05, 0) is 51.0 Å². The summed E-state index contributed by atoms with van der Waals surface area (Å²) in [5.74, 6) is -0.206. The van der Waals surface area contributed by atoms with Crippen LogP contribution in [0.1, 0.15) is 37.0 Å². The van der Waals surface area contributed by atoms with Crippen LogP contribution >= 0.6 is 11.6 Å². The summed E-state index contributed by atoms with van der Waals surface area (Å²) in [5, 5.41) is 0.428. The highest BCUT2D eigenvalue weighted by Crippen LogP contribution is 2.39. The molecule has 2 fully saturated rings. The Morgan fingerprint density at radius 2 is 1.59 bits per heavy atom. The van der Waals surface area contributed by atoms with Gasteiger partial charge in [-0.2, -0.15) is 0 Å². The predicted octanol–water partition coefficient (Wildman–Crippen LogP) is 3.49. The molecule has 0 unspecified atom stereocenters. The number of carbonyl (C=O) groups excluding carboxylic acids is 3. The fraction of sp³-hybridized carbons (Fsp3) is 0.423. The molecule has 0 aliphatic carbocycles. The third kappa shape index (κ3) is 4.37. The van der Waals surface area contributed by atoms with Crippen molar-refractivity contribution in [2.45, 2.75) is 32.2 Å². The number of benzene rings is 2. The van der Waals surface area contributed by atoms with E-state index in [9.17, 15) is 14.4 Å². The zero-order valence-corrected chi connectivity index (χ0v) is 20.5. The number of amides is 3. The Labute approximate surface area is 205 Å². The monoisotopic (exact) mass is 482 g/mol. The maximum atomic E-state index is 13.8.